The van der Waals surface area contributed by atoms with Crippen LogP contribution in [0.5, 0.6) is 0 Å². The van der Waals surface area contributed by atoms with Crippen LogP contribution in [0.4, 0.5) is 4.39 Å². The van der Waals surface area contributed by atoms with Gasteiger partial charge in [-0.05, 0) is 32.4 Å². The summed E-state index contributed by atoms with van der Waals surface area (Å²) < 4.78 is 13.5. The zero-order chi connectivity index (χ0) is 14.5. The van der Waals surface area contributed by atoms with Crippen molar-refractivity contribution >= 4 is 5.91 Å². The van der Waals surface area contributed by atoms with Crippen LogP contribution in [0, 0.1) is 5.82 Å². The van der Waals surface area contributed by atoms with E-state index in [1.807, 2.05) is 11.8 Å². The van der Waals surface area contributed by atoms with Gasteiger partial charge in [-0.2, -0.15) is 0 Å². The molecule has 2 N–H and O–H groups in total. The lowest BCUT2D eigenvalue weighted by atomic mass is 10.1. The molecule has 0 saturated carbocycles. The molecule has 110 valence electrons. The van der Waals surface area contributed by atoms with E-state index in [1.165, 1.54) is 6.07 Å². The van der Waals surface area contributed by atoms with Crippen LogP contribution in [-0.2, 0) is 11.3 Å². The van der Waals surface area contributed by atoms with E-state index in [1.54, 1.807) is 18.2 Å². The average Bonchev–Trinajstić information content (AvgIpc) is 2.45. The molecule has 0 aromatic heterocycles. The van der Waals surface area contributed by atoms with Crippen molar-refractivity contribution in [1.82, 2.24) is 10.2 Å². The number of piperidine rings is 1. The zero-order valence-electron chi connectivity index (χ0n) is 11.7. The van der Waals surface area contributed by atoms with Crippen LogP contribution in [0.3, 0.4) is 0 Å². The fraction of sp³-hybridized carbons (Fsp3) is 0.533. The Morgan fingerprint density at radius 3 is 3.00 bits per heavy atom. The first-order valence-electron chi connectivity index (χ1n) is 7.01. The van der Waals surface area contributed by atoms with Crippen LogP contribution in [-0.4, -0.2) is 41.1 Å². The molecule has 0 radical (unpaired) electrons. The summed E-state index contributed by atoms with van der Waals surface area (Å²) in [5, 5.41) is 12.4. The third-order valence-electron chi connectivity index (χ3n) is 3.77. The highest BCUT2D eigenvalue weighted by molar-refractivity contribution is 5.81. The van der Waals surface area contributed by atoms with Crippen molar-refractivity contribution in [3.63, 3.8) is 0 Å². The lowest BCUT2D eigenvalue weighted by molar-refractivity contribution is -0.127. The standard InChI is InChI=1S/C15H21FN2O2/c1-11(18-8-4-6-13(19)10-18)15(20)17-9-12-5-2-3-7-14(12)16/h2-3,5,7,11,13,19H,4,6,8-10H2,1H3,(H,17,20). The van der Waals surface area contributed by atoms with Crippen molar-refractivity contribution in [2.45, 2.75) is 38.5 Å². The Kier molecular flexibility index (Phi) is 5.09. The van der Waals surface area contributed by atoms with Gasteiger partial charge in [0.05, 0.1) is 12.1 Å². The van der Waals surface area contributed by atoms with Crippen molar-refractivity contribution in [3.05, 3.63) is 35.6 Å². The second-order valence-corrected chi connectivity index (χ2v) is 5.28. The Balaban J connectivity index is 1.86. The van der Waals surface area contributed by atoms with Crippen LogP contribution in [0.2, 0.25) is 0 Å². The van der Waals surface area contributed by atoms with Crippen LogP contribution in [0.1, 0.15) is 25.3 Å². The number of carbonyl (C=O) groups is 1. The Hall–Kier alpha value is -1.46. The van der Waals surface area contributed by atoms with E-state index in [2.05, 4.69) is 5.32 Å². The number of amides is 1. The number of halogens is 1. The molecule has 1 saturated heterocycles. The highest BCUT2D eigenvalue weighted by Gasteiger charge is 2.26. The molecule has 0 spiro atoms. The molecule has 1 amide bonds. The van der Waals surface area contributed by atoms with Crippen molar-refractivity contribution < 1.29 is 14.3 Å². The van der Waals surface area contributed by atoms with Crippen LogP contribution in [0.25, 0.3) is 0 Å². The molecule has 1 aromatic rings. The second kappa shape index (κ2) is 6.81. The molecule has 1 aromatic carbocycles. The Morgan fingerprint density at radius 1 is 1.55 bits per heavy atom. The Morgan fingerprint density at radius 2 is 2.30 bits per heavy atom. The monoisotopic (exact) mass is 280 g/mol. The van der Waals surface area contributed by atoms with Gasteiger partial charge in [0, 0.05) is 18.7 Å². The van der Waals surface area contributed by atoms with Gasteiger partial charge in [0.1, 0.15) is 5.82 Å². The molecule has 1 heterocycles. The summed E-state index contributed by atoms with van der Waals surface area (Å²) in [7, 11) is 0. The summed E-state index contributed by atoms with van der Waals surface area (Å²) in [6.07, 6.45) is 1.33. The minimum absolute atomic E-state index is 0.137. The van der Waals surface area contributed by atoms with Crippen molar-refractivity contribution in [2.24, 2.45) is 0 Å². The smallest absolute Gasteiger partial charge is 0.237 e. The van der Waals surface area contributed by atoms with Gasteiger partial charge in [0.15, 0.2) is 0 Å². The molecule has 2 atom stereocenters. The predicted octanol–water partition coefficient (Wildman–Crippen LogP) is 1.29. The number of carbonyl (C=O) groups excluding carboxylic acids is 1. The SMILES string of the molecule is CC(C(=O)NCc1ccccc1F)N1CCCC(O)C1. The van der Waals surface area contributed by atoms with Crippen LogP contribution in [0.15, 0.2) is 24.3 Å². The van der Waals surface area contributed by atoms with E-state index in [0.717, 1.165) is 19.4 Å². The quantitative estimate of drug-likeness (QED) is 0.874. The average molecular weight is 280 g/mol. The third-order valence-corrected chi connectivity index (χ3v) is 3.77. The maximum Gasteiger partial charge on any atom is 0.237 e. The third kappa shape index (κ3) is 3.77. The summed E-state index contributed by atoms with van der Waals surface area (Å²) in [6, 6.07) is 6.10. The van der Waals surface area contributed by atoms with Crippen molar-refractivity contribution in [1.29, 1.82) is 0 Å². The van der Waals surface area contributed by atoms with E-state index in [0.29, 0.717) is 12.1 Å². The summed E-state index contributed by atoms with van der Waals surface area (Å²) in [5.74, 6) is -0.448. The zero-order valence-corrected chi connectivity index (χ0v) is 11.7. The molecular formula is C15H21FN2O2. The molecule has 0 bridgehead atoms. The molecule has 20 heavy (non-hydrogen) atoms. The maximum absolute atomic E-state index is 13.5. The second-order valence-electron chi connectivity index (χ2n) is 5.28. The fourth-order valence-electron chi connectivity index (χ4n) is 2.47. The number of aliphatic hydroxyl groups excluding tert-OH is 1. The van der Waals surface area contributed by atoms with E-state index in [-0.39, 0.29) is 30.4 Å². The van der Waals surface area contributed by atoms with E-state index < -0.39 is 0 Å². The van der Waals surface area contributed by atoms with Crippen molar-refractivity contribution in [3.8, 4) is 0 Å². The highest BCUT2D eigenvalue weighted by atomic mass is 19.1. The lowest BCUT2D eigenvalue weighted by Crippen LogP contribution is -2.50. The number of benzene rings is 1. The van der Waals surface area contributed by atoms with E-state index >= 15 is 0 Å². The first kappa shape index (κ1) is 14.9. The number of hydrogen-bond donors (Lipinski definition) is 2. The number of hydrogen-bond acceptors (Lipinski definition) is 3. The van der Waals surface area contributed by atoms with E-state index in [4.69, 9.17) is 0 Å². The molecule has 0 aliphatic carbocycles. The molecule has 1 aliphatic rings. The topological polar surface area (TPSA) is 52.6 Å². The molecule has 2 rings (SSSR count). The lowest BCUT2D eigenvalue weighted by Gasteiger charge is -2.33. The molecule has 1 aliphatic heterocycles. The Labute approximate surface area is 118 Å². The minimum atomic E-state index is -0.356. The first-order valence-corrected chi connectivity index (χ1v) is 7.01. The van der Waals surface area contributed by atoms with Crippen LogP contribution < -0.4 is 5.32 Å². The summed E-state index contributed by atoms with van der Waals surface area (Å²) in [5.41, 5.74) is 0.478. The number of nitrogens with one attached hydrogen (secondary N) is 1. The van der Waals surface area contributed by atoms with Gasteiger partial charge >= 0.3 is 0 Å². The van der Waals surface area contributed by atoms with Gasteiger partial charge in [-0.25, -0.2) is 4.39 Å². The largest absolute Gasteiger partial charge is 0.392 e. The molecule has 4 nitrogen and oxygen atoms in total. The Bertz CT molecular complexity index is 467. The molecule has 2 unspecified atom stereocenters. The van der Waals surface area contributed by atoms with Gasteiger partial charge in [-0.1, -0.05) is 18.2 Å². The van der Waals surface area contributed by atoms with E-state index in [9.17, 15) is 14.3 Å². The molecule has 5 heteroatoms. The number of rotatable bonds is 4. The summed E-state index contributed by atoms with van der Waals surface area (Å²) in [4.78, 5) is 14.0. The summed E-state index contributed by atoms with van der Waals surface area (Å²) in [6.45, 7) is 3.33. The fourth-order valence-corrected chi connectivity index (χ4v) is 2.47. The van der Waals surface area contributed by atoms with Gasteiger partial charge < -0.3 is 10.4 Å². The normalized spacial score (nSPS) is 21.4. The number of nitrogens with zero attached hydrogens (tertiary/aromatic N) is 1. The van der Waals surface area contributed by atoms with Crippen LogP contribution >= 0.6 is 0 Å². The summed E-state index contributed by atoms with van der Waals surface area (Å²) >= 11 is 0. The van der Waals surface area contributed by atoms with Gasteiger partial charge in [0.2, 0.25) is 5.91 Å². The van der Waals surface area contributed by atoms with Crippen molar-refractivity contribution in [2.75, 3.05) is 13.1 Å². The first-order chi connectivity index (χ1) is 9.58. The molecule has 1 fully saturated rings. The maximum atomic E-state index is 13.5. The highest BCUT2D eigenvalue weighted by Crippen LogP contribution is 2.13. The number of likely N-dealkylation sites (tertiary alicyclic amines) is 1. The number of aliphatic hydroxyl groups is 1. The van der Waals surface area contributed by atoms with Gasteiger partial charge in [-0.3, -0.25) is 9.69 Å². The van der Waals surface area contributed by atoms with Gasteiger partial charge in [-0.15, -0.1) is 0 Å². The van der Waals surface area contributed by atoms with Gasteiger partial charge in [0.25, 0.3) is 0 Å². The molecular weight excluding hydrogens is 259 g/mol. The number of β-amino-alcohol motifs (C(OH)–C–C–N with tert-alkyl or cyclic N) is 1. The predicted molar refractivity (Wildman–Crippen MR) is 74.5 cm³/mol. The minimum Gasteiger partial charge on any atom is -0.392 e.